The molecule has 7 heteroatoms. The third-order valence-corrected chi connectivity index (χ3v) is 5.30. The number of halogens is 1. The van der Waals surface area contributed by atoms with Crippen molar-refractivity contribution in [3.05, 3.63) is 71.0 Å². The van der Waals surface area contributed by atoms with E-state index in [1.165, 1.54) is 12.1 Å². The molecule has 5 aromatic rings. The minimum atomic E-state index is -0.371. The minimum Gasteiger partial charge on any atom is -0.299 e. The minimum absolute atomic E-state index is 0.152. The average Bonchev–Trinajstić information content (AvgIpc) is 3.07. The Morgan fingerprint density at radius 3 is 2.53 bits per heavy atom. The summed E-state index contributed by atoms with van der Waals surface area (Å²) in [5.41, 5.74) is 3.21. The van der Waals surface area contributed by atoms with Crippen molar-refractivity contribution in [3.63, 3.8) is 0 Å². The van der Waals surface area contributed by atoms with Gasteiger partial charge < -0.3 is 0 Å². The Bertz CT molecular complexity index is 1450. The van der Waals surface area contributed by atoms with Crippen molar-refractivity contribution in [2.24, 2.45) is 0 Å². The van der Waals surface area contributed by atoms with Gasteiger partial charge in [-0.05, 0) is 36.8 Å². The number of aromatic nitrogens is 5. The molecule has 5 rings (SSSR count). The van der Waals surface area contributed by atoms with Gasteiger partial charge in [0.25, 0.3) is 5.56 Å². The fourth-order valence-corrected chi connectivity index (χ4v) is 3.82. The molecule has 150 valence electrons. The van der Waals surface area contributed by atoms with Crippen LogP contribution in [0.1, 0.15) is 26.2 Å². The summed E-state index contributed by atoms with van der Waals surface area (Å²) in [4.78, 5) is 27.4. The molecule has 3 heterocycles. The van der Waals surface area contributed by atoms with Crippen molar-refractivity contribution < 1.29 is 4.39 Å². The van der Waals surface area contributed by atoms with Crippen LogP contribution in [0.5, 0.6) is 0 Å². The van der Waals surface area contributed by atoms with Crippen LogP contribution in [0.3, 0.4) is 0 Å². The zero-order chi connectivity index (χ0) is 20.7. The zero-order valence-corrected chi connectivity index (χ0v) is 16.5. The van der Waals surface area contributed by atoms with Crippen LogP contribution in [-0.4, -0.2) is 24.1 Å². The Kier molecular flexibility index (Phi) is 4.50. The van der Waals surface area contributed by atoms with Crippen molar-refractivity contribution in [2.75, 3.05) is 0 Å². The molecule has 0 aliphatic rings. The fraction of sp³-hybridized carbons (Fsp3) is 0.217. The van der Waals surface area contributed by atoms with Gasteiger partial charge in [-0.15, -0.1) is 0 Å². The van der Waals surface area contributed by atoms with Gasteiger partial charge in [-0.25, -0.2) is 19.3 Å². The lowest BCUT2D eigenvalue weighted by molar-refractivity contribution is 0.584. The first-order valence-electron chi connectivity index (χ1n) is 10.1. The maximum Gasteiger partial charge on any atom is 0.265 e. The largest absolute Gasteiger partial charge is 0.299 e. The summed E-state index contributed by atoms with van der Waals surface area (Å²) >= 11 is 0. The molecule has 0 atom stereocenters. The highest BCUT2D eigenvalue weighted by Gasteiger charge is 2.20. The van der Waals surface area contributed by atoms with Crippen molar-refractivity contribution in [2.45, 2.75) is 32.7 Å². The number of unbranched alkanes of at least 4 members (excludes halogenated alkanes) is 2. The third-order valence-electron chi connectivity index (χ3n) is 5.30. The number of para-hydroxylation sites is 2. The number of nitrogens with zero attached hydrogens (tertiary/aromatic N) is 5. The van der Waals surface area contributed by atoms with Gasteiger partial charge in [-0.3, -0.25) is 13.9 Å². The fourth-order valence-electron chi connectivity index (χ4n) is 3.82. The number of hydrogen-bond acceptors (Lipinski definition) is 4. The molecule has 0 saturated carbocycles. The van der Waals surface area contributed by atoms with E-state index in [-0.39, 0.29) is 11.4 Å². The second-order valence-electron chi connectivity index (χ2n) is 7.35. The molecule has 2 aromatic carbocycles. The predicted octanol–water partition coefficient (Wildman–Crippen LogP) is 4.61. The Morgan fingerprint density at radius 1 is 0.967 bits per heavy atom. The summed E-state index contributed by atoms with van der Waals surface area (Å²) in [5.74, 6) is -0.371. The van der Waals surface area contributed by atoms with E-state index in [1.54, 1.807) is 27.6 Å². The molecule has 0 aliphatic heterocycles. The molecule has 0 saturated heterocycles. The second-order valence-corrected chi connectivity index (χ2v) is 7.35. The van der Waals surface area contributed by atoms with Crippen LogP contribution in [0, 0.1) is 5.82 Å². The van der Waals surface area contributed by atoms with Gasteiger partial charge in [0.1, 0.15) is 16.7 Å². The number of benzene rings is 2. The Hall–Kier alpha value is -3.61. The predicted molar refractivity (Wildman–Crippen MR) is 115 cm³/mol. The van der Waals surface area contributed by atoms with Crippen LogP contribution in [-0.2, 0) is 6.54 Å². The van der Waals surface area contributed by atoms with E-state index in [1.807, 2.05) is 24.3 Å². The van der Waals surface area contributed by atoms with E-state index in [4.69, 9.17) is 9.97 Å². The molecule has 0 amide bonds. The van der Waals surface area contributed by atoms with E-state index < -0.39 is 0 Å². The molecule has 3 aromatic heterocycles. The molecular formula is C23H20FN5O. The first-order valence-corrected chi connectivity index (χ1v) is 10.1. The normalized spacial score (nSPS) is 11.7. The van der Waals surface area contributed by atoms with Gasteiger partial charge in [0.05, 0.1) is 23.0 Å². The Labute approximate surface area is 171 Å². The molecule has 6 nitrogen and oxygen atoms in total. The lowest BCUT2D eigenvalue weighted by Gasteiger charge is -2.07. The molecule has 0 bridgehead atoms. The van der Waals surface area contributed by atoms with Gasteiger partial charge >= 0.3 is 0 Å². The summed E-state index contributed by atoms with van der Waals surface area (Å²) in [5, 5.41) is 0.409. The number of rotatable bonds is 5. The number of hydrogen-bond donors (Lipinski definition) is 0. The quantitative estimate of drug-likeness (QED) is 0.403. The summed E-state index contributed by atoms with van der Waals surface area (Å²) in [6, 6.07) is 13.7. The smallest absolute Gasteiger partial charge is 0.265 e. The summed E-state index contributed by atoms with van der Waals surface area (Å²) in [6.45, 7) is 2.72. The highest BCUT2D eigenvalue weighted by atomic mass is 19.1. The van der Waals surface area contributed by atoms with Gasteiger partial charge in [0, 0.05) is 6.54 Å². The maximum atomic E-state index is 14.0. The molecule has 30 heavy (non-hydrogen) atoms. The van der Waals surface area contributed by atoms with E-state index in [9.17, 15) is 9.18 Å². The van der Waals surface area contributed by atoms with Crippen LogP contribution in [0.15, 0.2) is 59.7 Å². The first-order chi connectivity index (χ1) is 14.7. The van der Waals surface area contributed by atoms with Crippen LogP contribution in [0.4, 0.5) is 4.39 Å². The van der Waals surface area contributed by atoms with Crippen molar-refractivity contribution >= 4 is 33.2 Å². The monoisotopic (exact) mass is 401 g/mol. The standard InChI is InChI=1S/C23H20FN5O/c1-2-3-6-12-28-14-25-21-19(23(28)30)20-22(27-18-11-5-4-10-17(18)26-20)29(21)16-9-7-8-15(24)13-16/h4-5,7-11,13-14H,2-3,6,12H2,1H3. The maximum absolute atomic E-state index is 14.0. The topological polar surface area (TPSA) is 65.6 Å². The zero-order valence-electron chi connectivity index (χ0n) is 16.5. The molecule has 0 fully saturated rings. The third kappa shape index (κ3) is 2.94. The van der Waals surface area contributed by atoms with E-state index in [0.717, 1.165) is 19.3 Å². The second kappa shape index (κ2) is 7.33. The number of fused-ring (bicyclic) bond motifs is 4. The first kappa shape index (κ1) is 18.4. The summed E-state index contributed by atoms with van der Waals surface area (Å²) in [6.07, 6.45) is 4.58. The summed E-state index contributed by atoms with van der Waals surface area (Å²) in [7, 11) is 0. The van der Waals surface area contributed by atoms with Crippen LogP contribution < -0.4 is 5.56 Å². The van der Waals surface area contributed by atoms with Gasteiger partial charge in [-0.2, -0.15) is 0 Å². The lowest BCUT2D eigenvalue weighted by atomic mass is 10.2. The molecule has 0 radical (unpaired) electrons. The lowest BCUT2D eigenvalue weighted by Crippen LogP contribution is -2.20. The van der Waals surface area contributed by atoms with Crippen molar-refractivity contribution in [3.8, 4) is 5.69 Å². The molecule has 0 N–H and O–H groups in total. The molecule has 0 unspecified atom stereocenters. The van der Waals surface area contributed by atoms with E-state index in [2.05, 4.69) is 11.9 Å². The Morgan fingerprint density at radius 2 is 1.77 bits per heavy atom. The van der Waals surface area contributed by atoms with Crippen LogP contribution in [0.2, 0.25) is 0 Å². The highest BCUT2D eigenvalue weighted by Crippen LogP contribution is 2.28. The van der Waals surface area contributed by atoms with Gasteiger partial charge in [-0.1, -0.05) is 38.0 Å². The highest BCUT2D eigenvalue weighted by molar-refractivity contribution is 6.05. The van der Waals surface area contributed by atoms with Gasteiger partial charge in [0.2, 0.25) is 0 Å². The Balaban J connectivity index is 1.88. The van der Waals surface area contributed by atoms with E-state index >= 15 is 0 Å². The molecular weight excluding hydrogens is 381 g/mol. The van der Waals surface area contributed by atoms with Crippen molar-refractivity contribution in [1.82, 2.24) is 24.1 Å². The average molecular weight is 401 g/mol. The van der Waals surface area contributed by atoms with Crippen LogP contribution >= 0.6 is 0 Å². The molecule has 0 spiro atoms. The SMILES string of the molecule is CCCCCn1cnc2c(c1=O)c1nc3ccccc3nc1n2-c1cccc(F)c1. The summed E-state index contributed by atoms with van der Waals surface area (Å²) < 4.78 is 17.3. The van der Waals surface area contributed by atoms with Crippen molar-refractivity contribution in [1.29, 1.82) is 0 Å². The number of aryl methyl sites for hydroxylation is 1. The van der Waals surface area contributed by atoms with Crippen LogP contribution in [0.25, 0.3) is 38.9 Å². The van der Waals surface area contributed by atoms with E-state index in [0.29, 0.717) is 45.5 Å². The molecule has 0 aliphatic carbocycles. The van der Waals surface area contributed by atoms with Gasteiger partial charge in [0.15, 0.2) is 11.3 Å².